The van der Waals surface area contributed by atoms with Crippen LogP contribution in [0.1, 0.15) is 25.0 Å². The molecule has 47 heavy (non-hydrogen) atoms. The fourth-order valence-electron chi connectivity index (χ4n) is 5.17. The van der Waals surface area contributed by atoms with Gasteiger partial charge in [-0.3, -0.25) is 13.9 Å². The fourth-order valence-corrected chi connectivity index (χ4v) is 6.72. The molecule has 1 N–H and O–H groups in total. The number of benzene rings is 4. The molecule has 1 aliphatic rings. The van der Waals surface area contributed by atoms with E-state index in [4.69, 9.17) is 21.1 Å². The summed E-state index contributed by atoms with van der Waals surface area (Å²) in [7, 11) is -4.42. The number of anilines is 1. The standard InChI is InChI=1S/C35H35ClFN3O6S/c1-24(2)38-35(42)31(20-25-6-4-3-5-7-25)39(22-26-8-10-27(36)11-9-26)34(41)23-40(29-14-12-28(37)13-15-29)47(43,44)30-16-17-32-33(21-30)46-19-18-45-32/h3-17,21,24,31H,18-20,22-23H2,1-2H3,(H,38,42)/t31-/m0/s1. The van der Waals surface area contributed by atoms with E-state index < -0.39 is 40.2 Å². The third-order valence-corrected chi connectivity index (χ3v) is 9.49. The van der Waals surface area contributed by atoms with E-state index >= 15 is 0 Å². The van der Waals surface area contributed by atoms with Crippen LogP contribution < -0.4 is 19.1 Å². The molecule has 0 fully saturated rings. The van der Waals surface area contributed by atoms with Gasteiger partial charge in [0.05, 0.1) is 10.6 Å². The Kier molecular flexibility index (Phi) is 10.7. The van der Waals surface area contributed by atoms with E-state index in [0.717, 1.165) is 22.0 Å². The summed E-state index contributed by atoms with van der Waals surface area (Å²) >= 11 is 6.13. The predicted molar refractivity (Wildman–Crippen MR) is 178 cm³/mol. The van der Waals surface area contributed by atoms with Gasteiger partial charge in [-0.25, -0.2) is 12.8 Å². The van der Waals surface area contributed by atoms with Crippen LogP contribution in [0.25, 0.3) is 0 Å². The topological polar surface area (TPSA) is 105 Å². The third kappa shape index (κ3) is 8.41. The first-order valence-corrected chi connectivity index (χ1v) is 16.9. The number of nitrogens with zero attached hydrogens (tertiary/aromatic N) is 2. The zero-order valence-electron chi connectivity index (χ0n) is 25.9. The second-order valence-corrected chi connectivity index (χ2v) is 13.6. The first-order chi connectivity index (χ1) is 22.5. The normalized spacial score (nSPS) is 13.1. The molecule has 0 spiro atoms. The van der Waals surface area contributed by atoms with Gasteiger partial charge in [0.25, 0.3) is 10.0 Å². The molecule has 0 radical (unpaired) electrons. The minimum atomic E-state index is -4.42. The molecule has 0 aliphatic carbocycles. The van der Waals surface area contributed by atoms with Crippen molar-refractivity contribution in [3.05, 3.63) is 119 Å². The summed E-state index contributed by atoms with van der Waals surface area (Å²) in [4.78, 5) is 29.5. The number of nitrogens with one attached hydrogen (secondary N) is 1. The van der Waals surface area contributed by atoms with Crippen molar-refractivity contribution in [2.75, 3.05) is 24.1 Å². The number of sulfonamides is 1. The maximum Gasteiger partial charge on any atom is 0.264 e. The molecule has 1 atom stereocenters. The van der Waals surface area contributed by atoms with Gasteiger partial charge in [0, 0.05) is 30.1 Å². The molecule has 12 heteroatoms. The molecule has 1 aliphatic heterocycles. The van der Waals surface area contributed by atoms with Crippen molar-refractivity contribution in [3.8, 4) is 11.5 Å². The van der Waals surface area contributed by atoms with Crippen LogP contribution in [0, 0.1) is 5.82 Å². The Morgan fingerprint density at radius 1 is 0.872 bits per heavy atom. The van der Waals surface area contributed by atoms with E-state index in [0.29, 0.717) is 22.9 Å². The molecule has 246 valence electrons. The quantitative estimate of drug-likeness (QED) is 0.209. The Morgan fingerprint density at radius 2 is 1.53 bits per heavy atom. The Hall–Kier alpha value is -4.61. The molecule has 0 saturated heterocycles. The van der Waals surface area contributed by atoms with Gasteiger partial charge in [-0.1, -0.05) is 54.1 Å². The van der Waals surface area contributed by atoms with Gasteiger partial charge in [0.15, 0.2) is 11.5 Å². The first-order valence-electron chi connectivity index (χ1n) is 15.1. The third-order valence-electron chi connectivity index (χ3n) is 7.46. The van der Waals surface area contributed by atoms with Crippen molar-refractivity contribution in [1.29, 1.82) is 0 Å². The summed E-state index contributed by atoms with van der Waals surface area (Å²) in [6.45, 7) is 3.51. The van der Waals surface area contributed by atoms with Gasteiger partial charge in [-0.15, -0.1) is 0 Å². The average Bonchev–Trinajstić information content (AvgIpc) is 3.06. The molecule has 0 unspecified atom stereocenters. The molecule has 0 bridgehead atoms. The van der Waals surface area contributed by atoms with Crippen LogP contribution in [0.5, 0.6) is 11.5 Å². The smallest absolute Gasteiger partial charge is 0.264 e. The van der Waals surface area contributed by atoms with Crippen molar-refractivity contribution in [1.82, 2.24) is 10.2 Å². The van der Waals surface area contributed by atoms with Gasteiger partial charge in [0.1, 0.15) is 31.6 Å². The largest absolute Gasteiger partial charge is 0.486 e. The highest BCUT2D eigenvalue weighted by Crippen LogP contribution is 2.34. The fraction of sp³-hybridized carbons (Fsp3) is 0.257. The van der Waals surface area contributed by atoms with Gasteiger partial charge >= 0.3 is 0 Å². The average molecular weight is 680 g/mol. The molecule has 4 aromatic carbocycles. The maximum atomic E-state index is 14.5. The number of ether oxygens (including phenoxy) is 2. The second kappa shape index (κ2) is 14.9. The molecule has 0 saturated carbocycles. The van der Waals surface area contributed by atoms with E-state index in [1.54, 1.807) is 24.3 Å². The van der Waals surface area contributed by atoms with Crippen LogP contribution >= 0.6 is 11.6 Å². The molecular weight excluding hydrogens is 645 g/mol. The van der Waals surface area contributed by atoms with Crippen molar-refractivity contribution in [3.63, 3.8) is 0 Å². The van der Waals surface area contributed by atoms with E-state index in [1.165, 1.54) is 35.2 Å². The summed E-state index contributed by atoms with van der Waals surface area (Å²) in [5.74, 6) is -0.970. The number of amides is 2. The highest BCUT2D eigenvalue weighted by molar-refractivity contribution is 7.92. The molecule has 5 rings (SSSR count). The van der Waals surface area contributed by atoms with Crippen LogP contribution in [0.2, 0.25) is 5.02 Å². The predicted octanol–water partition coefficient (Wildman–Crippen LogP) is 5.61. The summed E-state index contributed by atoms with van der Waals surface area (Å²) < 4.78 is 54.6. The summed E-state index contributed by atoms with van der Waals surface area (Å²) in [6, 6.07) is 23.9. The molecule has 0 aromatic heterocycles. The number of rotatable bonds is 12. The monoisotopic (exact) mass is 679 g/mol. The number of carbonyl (C=O) groups excluding carboxylic acids is 2. The van der Waals surface area contributed by atoms with Gasteiger partial charge in [-0.05, 0) is 73.5 Å². The van der Waals surface area contributed by atoms with Crippen molar-refractivity contribution in [2.45, 2.75) is 43.8 Å². The van der Waals surface area contributed by atoms with E-state index in [9.17, 15) is 22.4 Å². The molecular formula is C35H35ClFN3O6S. The van der Waals surface area contributed by atoms with Gasteiger partial charge < -0.3 is 19.7 Å². The first kappa shape index (κ1) is 33.7. The Morgan fingerprint density at radius 3 is 2.19 bits per heavy atom. The Balaban J connectivity index is 1.57. The minimum Gasteiger partial charge on any atom is -0.486 e. The highest BCUT2D eigenvalue weighted by atomic mass is 35.5. The number of fused-ring (bicyclic) bond motifs is 1. The summed E-state index contributed by atoms with van der Waals surface area (Å²) in [5.41, 5.74) is 1.55. The molecule has 9 nitrogen and oxygen atoms in total. The molecule has 1 heterocycles. The van der Waals surface area contributed by atoms with Crippen molar-refractivity contribution in [2.24, 2.45) is 0 Å². The van der Waals surface area contributed by atoms with Crippen LogP contribution in [-0.4, -0.2) is 57.0 Å². The lowest BCUT2D eigenvalue weighted by Gasteiger charge is -2.34. The second-order valence-electron chi connectivity index (χ2n) is 11.3. The van der Waals surface area contributed by atoms with Crippen LogP contribution in [-0.2, 0) is 32.6 Å². The Labute approximate surface area is 278 Å². The van der Waals surface area contributed by atoms with Crippen molar-refractivity contribution < 1.29 is 31.9 Å². The lowest BCUT2D eigenvalue weighted by Crippen LogP contribution is -2.54. The number of carbonyl (C=O) groups is 2. The lowest BCUT2D eigenvalue weighted by molar-refractivity contribution is -0.140. The maximum absolute atomic E-state index is 14.5. The SMILES string of the molecule is CC(C)NC(=O)[C@H](Cc1ccccc1)N(Cc1ccc(Cl)cc1)C(=O)CN(c1ccc(F)cc1)S(=O)(=O)c1ccc2c(c1)OCCO2. The summed E-state index contributed by atoms with van der Waals surface area (Å²) in [5, 5.41) is 3.41. The van der Waals surface area contributed by atoms with Gasteiger partial charge in [0.2, 0.25) is 11.8 Å². The highest BCUT2D eigenvalue weighted by Gasteiger charge is 2.35. The number of halogens is 2. The lowest BCUT2D eigenvalue weighted by atomic mass is 10.0. The van der Waals surface area contributed by atoms with Crippen LogP contribution in [0.3, 0.4) is 0 Å². The summed E-state index contributed by atoms with van der Waals surface area (Å²) in [6.07, 6.45) is 0.171. The van der Waals surface area contributed by atoms with Crippen LogP contribution in [0.15, 0.2) is 102 Å². The number of hydrogen-bond donors (Lipinski definition) is 1. The number of hydrogen-bond acceptors (Lipinski definition) is 6. The van der Waals surface area contributed by atoms with Gasteiger partial charge in [-0.2, -0.15) is 0 Å². The minimum absolute atomic E-state index is 0.0135. The van der Waals surface area contributed by atoms with Crippen molar-refractivity contribution >= 4 is 39.1 Å². The van der Waals surface area contributed by atoms with E-state index in [2.05, 4.69) is 5.32 Å². The Bertz CT molecular complexity index is 1810. The zero-order chi connectivity index (χ0) is 33.6. The molecule has 2 amide bonds. The van der Waals surface area contributed by atoms with E-state index in [1.807, 2.05) is 44.2 Å². The van der Waals surface area contributed by atoms with Crippen LogP contribution in [0.4, 0.5) is 10.1 Å². The zero-order valence-corrected chi connectivity index (χ0v) is 27.5. The van der Waals surface area contributed by atoms with E-state index in [-0.39, 0.29) is 41.9 Å². The molecule has 4 aromatic rings.